The molecule has 35 heavy (non-hydrogen) atoms. The first-order chi connectivity index (χ1) is 16.2. The quantitative estimate of drug-likeness (QED) is 0.529. The van der Waals surface area contributed by atoms with E-state index in [1.807, 2.05) is 5.32 Å². The summed E-state index contributed by atoms with van der Waals surface area (Å²) in [6.45, 7) is 0. The highest BCUT2D eigenvalue weighted by molar-refractivity contribution is 9.10. The van der Waals surface area contributed by atoms with E-state index >= 15 is 0 Å². The van der Waals surface area contributed by atoms with Crippen molar-refractivity contribution in [3.63, 3.8) is 0 Å². The number of nitrogens with one attached hydrogen (secondary N) is 1. The number of carbonyl (C=O) groups is 4. The van der Waals surface area contributed by atoms with E-state index in [0.29, 0.717) is 4.90 Å². The van der Waals surface area contributed by atoms with Crippen LogP contribution in [0.4, 0.5) is 13.2 Å². The Morgan fingerprint density at radius 2 is 1.77 bits per heavy atom. The molecule has 2 aliphatic rings. The van der Waals surface area contributed by atoms with Gasteiger partial charge in [-0.05, 0) is 46.1 Å². The molecular weight excluding hydrogens is 563 g/mol. The predicted octanol–water partition coefficient (Wildman–Crippen LogP) is 2.06. The minimum absolute atomic E-state index is 0.00267. The van der Waals surface area contributed by atoms with Gasteiger partial charge in [-0.15, -0.1) is 13.2 Å². The number of hydrogen-bond acceptors (Lipinski definition) is 7. The molecule has 184 valence electrons. The lowest BCUT2D eigenvalue weighted by molar-refractivity contribution is -0.275. The fourth-order valence-corrected chi connectivity index (χ4v) is 5.20. The van der Waals surface area contributed by atoms with Crippen molar-refractivity contribution in [1.82, 2.24) is 10.2 Å². The Labute approximate surface area is 203 Å². The van der Waals surface area contributed by atoms with Crippen LogP contribution in [0.2, 0.25) is 0 Å². The van der Waals surface area contributed by atoms with E-state index < -0.39 is 56.7 Å². The van der Waals surface area contributed by atoms with Crippen molar-refractivity contribution in [2.45, 2.75) is 30.1 Å². The predicted molar refractivity (Wildman–Crippen MR) is 114 cm³/mol. The van der Waals surface area contributed by atoms with Crippen LogP contribution in [0, 0.1) is 0 Å². The van der Waals surface area contributed by atoms with Crippen LogP contribution in [0.25, 0.3) is 11.1 Å². The van der Waals surface area contributed by atoms with Gasteiger partial charge in [-0.3, -0.25) is 29.4 Å². The fourth-order valence-electron chi connectivity index (χ4n) is 3.89. The molecule has 3 N–H and O–H groups in total. The van der Waals surface area contributed by atoms with Crippen molar-refractivity contribution in [3.05, 3.63) is 45.9 Å². The Bertz CT molecular complexity index is 1430. The molecule has 0 aromatic heterocycles. The number of rotatable bonds is 4. The Hall–Kier alpha value is -3.30. The van der Waals surface area contributed by atoms with E-state index in [4.69, 9.17) is 5.14 Å². The first kappa shape index (κ1) is 24.8. The van der Waals surface area contributed by atoms with Gasteiger partial charge in [0.1, 0.15) is 10.9 Å². The van der Waals surface area contributed by atoms with Crippen LogP contribution in [0.1, 0.15) is 33.6 Å². The number of carbonyl (C=O) groups excluding carboxylic acids is 4. The molecule has 10 nitrogen and oxygen atoms in total. The normalized spacial score (nSPS) is 18.5. The zero-order chi connectivity index (χ0) is 25.9. The number of ether oxygens (including phenoxy) is 1. The van der Waals surface area contributed by atoms with Gasteiger partial charge >= 0.3 is 6.36 Å². The maximum absolute atomic E-state index is 13.1. The largest absolute Gasteiger partial charge is 0.573 e. The highest BCUT2D eigenvalue weighted by Crippen LogP contribution is 2.42. The second kappa shape index (κ2) is 8.42. The zero-order valence-corrected chi connectivity index (χ0v) is 19.6. The van der Waals surface area contributed by atoms with Crippen molar-refractivity contribution in [1.29, 1.82) is 0 Å². The van der Waals surface area contributed by atoms with Crippen LogP contribution >= 0.6 is 15.9 Å². The number of hydrogen-bond donors (Lipinski definition) is 2. The van der Waals surface area contributed by atoms with Crippen molar-refractivity contribution in [2.75, 3.05) is 0 Å². The van der Waals surface area contributed by atoms with Crippen LogP contribution in [0.15, 0.2) is 39.7 Å². The summed E-state index contributed by atoms with van der Waals surface area (Å²) in [5.74, 6) is -4.27. The molecule has 4 rings (SSSR count). The molecule has 2 heterocycles. The summed E-state index contributed by atoms with van der Waals surface area (Å²) in [7, 11) is -4.65. The molecule has 2 aliphatic heterocycles. The van der Waals surface area contributed by atoms with Gasteiger partial charge in [0.2, 0.25) is 21.8 Å². The SMILES string of the molecule is NS(=O)(=O)c1cccc(-c2cc(Br)c3c(c2)C(=O)N(C2CCC(=O)NC2=O)C3=O)c1OC(F)(F)F. The van der Waals surface area contributed by atoms with Crippen LogP contribution < -0.4 is 15.2 Å². The molecule has 2 aromatic carbocycles. The monoisotopic (exact) mass is 575 g/mol. The van der Waals surface area contributed by atoms with Crippen molar-refractivity contribution in [2.24, 2.45) is 5.14 Å². The van der Waals surface area contributed by atoms with Crippen LogP contribution in [0.3, 0.4) is 0 Å². The van der Waals surface area contributed by atoms with Gasteiger partial charge in [0.05, 0.1) is 11.1 Å². The van der Waals surface area contributed by atoms with Crippen LogP contribution in [0.5, 0.6) is 5.75 Å². The molecule has 1 atom stereocenters. The third-order valence-electron chi connectivity index (χ3n) is 5.31. The summed E-state index contributed by atoms with van der Waals surface area (Å²) in [4.78, 5) is 49.5. The van der Waals surface area contributed by atoms with Gasteiger partial charge < -0.3 is 4.74 Å². The third-order valence-corrected chi connectivity index (χ3v) is 6.87. The first-order valence-electron chi connectivity index (χ1n) is 9.66. The summed E-state index contributed by atoms with van der Waals surface area (Å²) >= 11 is 3.12. The second-order valence-corrected chi connectivity index (χ2v) is 9.94. The van der Waals surface area contributed by atoms with Crippen molar-refractivity contribution >= 4 is 49.6 Å². The number of fused-ring (bicyclic) bond motifs is 1. The van der Waals surface area contributed by atoms with E-state index in [9.17, 15) is 40.8 Å². The average molecular weight is 576 g/mol. The molecule has 1 unspecified atom stereocenters. The number of halogens is 4. The highest BCUT2D eigenvalue weighted by atomic mass is 79.9. The van der Waals surface area contributed by atoms with Gasteiger partial charge in [-0.1, -0.05) is 12.1 Å². The summed E-state index contributed by atoms with van der Waals surface area (Å²) in [6.07, 6.45) is -5.48. The lowest BCUT2D eigenvalue weighted by Gasteiger charge is -2.27. The van der Waals surface area contributed by atoms with E-state index in [0.717, 1.165) is 24.3 Å². The zero-order valence-electron chi connectivity index (χ0n) is 17.2. The van der Waals surface area contributed by atoms with E-state index in [1.54, 1.807) is 0 Å². The number of alkyl halides is 3. The number of amides is 4. The molecule has 0 radical (unpaired) electrons. The Balaban J connectivity index is 1.85. The number of imide groups is 2. The van der Waals surface area contributed by atoms with Gasteiger partial charge in [0.15, 0.2) is 5.75 Å². The van der Waals surface area contributed by atoms with Gasteiger partial charge in [0.25, 0.3) is 11.8 Å². The van der Waals surface area contributed by atoms with Crippen LogP contribution in [-0.4, -0.2) is 49.4 Å². The van der Waals surface area contributed by atoms with E-state index in [-0.39, 0.29) is 39.6 Å². The number of nitrogens with two attached hydrogens (primary N) is 1. The Morgan fingerprint density at radius 3 is 2.37 bits per heavy atom. The van der Waals surface area contributed by atoms with Gasteiger partial charge in [0, 0.05) is 16.5 Å². The number of primary sulfonamides is 1. The van der Waals surface area contributed by atoms with Crippen LogP contribution in [-0.2, 0) is 19.6 Å². The summed E-state index contributed by atoms with van der Waals surface area (Å²) < 4.78 is 67.1. The van der Waals surface area contributed by atoms with Gasteiger partial charge in [-0.2, -0.15) is 0 Å². The molecule has 0 spiro atoms. The fraction of sp³-hybridized carbons (Fsp3) is 0.200. The molecule has 4 amide bonds. The number of para-hydroxylation sites is 1. The standard InChI is InChI=1S/C20H13BrF3N3O7S/c21-11-7-8(9-2-1-3-13(35(25,32)33)16(9)34-20(22,23)24)6-10-15(11)19(31)27(18(10)30)12-4-5-14(28)26-17(12)29/h1-3,6-7,12H,4-5H2,(H2,25,32,33)(H,26,28,29). The molecule has 0 aliphatic carbocycles. The number of benzene rings is 2. The molecule has 2 aromatic rings. The molecule has 0 saturated carbocycles. The summed E-state index contributed by atoms with van der Waals surface area (Å²) in [5.41, 5.74) is -0.879. The van der Waals surface area contributed by atoms with Crippen molar-refractivity contribution in [3.8, 4) is 16.9 Å². The maximum Gasteiger partial charge on any atom is 0.573 e. The minimum Gasteiger partial charge on any atom is -0.404 e. The molecule has 15 heteroatoms. The molecular formula is C20H13BrF3N3O7S. The number of piperidine rings is 1. The Kier molecular flexibility index (Phi) is 5.97. The van der Waals surface area contributed by atoms with Crippen molar-refractivity contribution < 1.29 is 45.5 Å². The average Bonchev–Trinajstić information content (AvgIpc) is 2.97. The smallest absolute Gasteiger partial charge is 0.404 e. The van der Waals surface area contributed by atoms with Gasteiger partial charge in [-0.25, -0.2) is 13.6 Å². The molecule has 1 fully saturated rings. The molecule has 0 bridgehead atoms. The van der Waals surface area contributed by atoms with E-state index in [1.165, 1.54) is 6.07 Å². The summed E-state index contributed by atoms with van der Waals surface area (Å²) in [5, 5.41) is 7.10. The topological polar surface area (TPSA) is 153 Å². The third kappa shape index (κ3) is 4.53. The minimum atomic E-state index is -5.28. The molecule has 1 saturated heterocycles. The number of sulfonamides is 1. The first-order valence-corrected chi connectivity index (χ1v) is 12.0. The summed E-state index contributed by atoms with van der Waals surface area (Å²) in [6, 6.07) is 4.08. The number of nitrogens with zero attached hydrogens (tertiary/aromatic N) is 1. The highest BCUT2D eigenvalue weighted by Gasteiger charge is 2.46. The Morgan fingerprint density at radius 1 is 1.09 bits per heavy atom. The lowest BCUT2D eigenvalue weighted by Crippen LogP contribution is -2.54. The van der Waals surface area contributed by atoms with E-state index in [2.05, 4.69) is 20.7 Å². The maximum atomic E-state index is 13.1. The lowest BCUT2D eigenvalue weighted by atomic mass is 9.99. The second-order valence-electron chi connectivity index (χ2n) is 7.55.